The number of aromatic amines is 1. The fraction of sp³-hybridized carbons (Fsp3) is 0.500. The molecule has 0 spiro atoms. The number of thiophene rings is 1. The van der Waals surface area contributed by atoms with Gasteiger partial charge in [0.05, 0.1) is 5.39 Å². The van der Waals surface area contributed by atoms with E-state index in [0.717, 1.165) is 16.6 Å². The molecule has 2 atom stereocenters. The van der Waals surface area contributed by atoms with E-state index in [0.29, 0.717) is 10.7 Å². The van der Waals surface area contributed by atoms with Crippen molar-refractivity contribution in [2.75, 3.05) is 0 Å². The van der Waals surface area contributed by atoms with Gasteiger partial charge in [-0.25, -0.2) is 0 Å². The zero-order valence-corrected chi connectivity index (χ0v) is 11.8. The number of hydrogen-bond acceptors (Lipinski definition) is 3. The van der Waals surface area contributed by atoms with Gasteiger partial charge in [-0.3, -0.25) is 9.36 Å². The Bertz CT molecular complexity index is 638. The Morgan fingerprint density at radius 1 is 1.53 bits per heavy atom. The first-order valence-electron chi connectivity index (χ1n) is 5.78. The number of fused-ring (bicyclic) bond motifs is 1. The van der Waals surface area contributed by atoms with Crippen LogP contribution < -0.4 is 5.56 Å². The summed E-state index contributed by atoms with van der Waals surface area (Å²) in [5, 5.41) is 2.65. The van der Waals surface area contributed by atoms with Crippen LogP contribution in [0.4, 0.5) is 0 Å². The standard InChI is InChI=1S/C12H16N2OS2/c1-4-7(2)8(3)14-11(15)9-5-6-17-10(9)13-12(14)16/h5-8H,4H2,1-3H3,(H,13,16). The summed E-state index contributed by atoms with van der Waals surface area (Å²) >= 11 is 6.81. The van der Waals surface area contributed by atoms with Gasteiger partial charge < -0.3 is 4.98 Å². The van der Waals surface area contributed by atoms with Gasteiger partial charge in [0, 0.05) is 6.04 Å². The second kappa shape index (κ2) is 4.74. The molecule has 2 aromatic heterocycles. The summed E-state index contributed by atoms with van der Waals surface area (Å²) in [5.41, 5.74) is 0.0257. The summed E-state index contributed by atoms with van der Waals surface area (Å²) in [6, 6.07) is 1.98. The van der Waals surface area contributed by atoms with Crippen molar-refractivity contribution in [3.63, 3.8) is 0 Å². The summed E-state index contributed by atoms with van der Waals surface area (Å²) in [7, 11) is 0. The molecule has 0 aliphatic heterocycles. The topological polar surface area (TPSA) is 37.8 Å². The molecule has 3 nitrogen and oxygen atoms in total. The molecule has 2 rings (SSSR count). The molecule has 2 unspecified atom stereocenters. The van der Waals surface area contributed by atoms with Gasteiger partial charge in [-0.15, -0.1) is 11.3 Å². The number of aromatic nitrogens is 2. The van der Waals surface area contributed by atoms with Crippen LogP contribution in [-0.2, 0) is 0 Å². The van der Waals surface area contributed by atoms with Crippen LogP contribution in [0.5, 0.6) is 0 Å². The summed E-state index contributed by atoms with van der Waals surface area (Å²) in [5.74, 6) is 0.430. The number of nitrogens with one attached hydrogen (secondary N) is 1. The lowest BCUT2D eigenvalue weighted by atomic mass is 10.0. The average Bonchev–Trinajstić information content (AvgIpc) is 2.75. The zero-order valence-electron chi connectivity index (χ0n) is 10.2. The van der Waals surface area contributed by atoms with Gasteiger partial charge >= 0.3 is 0 Å². The molecule has 0 saturated heterocycles. The summed E-state index contributed by atoms with van der Waals surface area (Å²) < 4.78 is 2.23. The predicted molar refractivity (Wildman–Crippen MR) is 75.4 cm³/mol. The van der Waals surface area contributed by atoms with E-state index in [1.807, 2.05) is 11.4 Å². The van der Waals surface area contributed by atoms with Crippen molar-refractivity contribution in [3.8, 4) is 0 Å². The normalized spacial score (nSPS) is 15.0. The van der Waals surface area contributed by atoms with Gasteiger partial charge in [-0.05, 0) is 36.5 Å². The number of H-pyrrole nitrogens is 1. The molecule has 2 aromatic rings. The molecule has 92 valence electrons. The van der Waals surface area contributed by atoms with Gasteiger partial charge in [0.15, 0.2) is 4.77 Å². The van der Waals surface area contributed by atoms with E-state index in [1.54, 1.807) is 4.57 Å². The lowest BCUT2D eigenvalue weighted by Gasteiger charge is -2.21. The Morgan fingerprint density at radius 3 is 2.88 bits per heavy atom. The molecule has 0 fully saturated rings. The molecule has 5 heteroatoms. The van der Waals surface area contributed by atoms with Crippen molar-refractivity contribution in [1.29, 1.82) is 0 Å². The monoisotopic (exact) mass is 268 g/mol. The third-order valence-electron chi connectivity index (χ3n) is 3.43. The first-order chi connectivity index (χ1) is 8.06. The Morgan fingerprint density at radius 2 is 2.24 bits per heavy atom. The summed E-state index contributed by atoms with van der Waals surface area (Å²) in [4.78, 5) is 16.4. The quantitative estimate of drug-likeness (QED) is 0.861. The lowest BCUT2D eigenvalue weighted by molar-refractivity contribution is 0.357. The van der Waals surface area contributed by atoms with Crippen LogP contribution in [0.3, 0.4) is 0 Å². The van der Waals surface area contributed by atoms with Crippen LogP contribution in [0.25, 0.3) is 10.2 Å². The molecule has 2 heterocycles. The Hall–Kier alpha value is -0.940. The van der Waals surface area contributed by atoms with Crippen molar-refractivity contribution in [1.82, 2.24) is 9.55 Å². The molecule has 17 heavy (non-hydrogen) atoms. The molecule has 0 bridgehead atoms. The van der Waals surface area contributed by atoms with Gasteiger partial charge in [0.25, 0.3) is 5.56 Å². The third kappa shape index (κ3) is 2.09. The maximum Gasteiger partial charge on any atom is 0.263 e. The maximum absolute atomic E-state index is 12.4. The molecule has 0 amide bonds. The molecular formula is C12H16N2OS2. The van der Waals surface area contributed by atoms with Crippen LogP contribution in [-0.4, -0.2) is 9.55 Å². The van der Waals surface area contributed by atoms with Crippen LogP contribution in [0, 0.1) is 10.7 Å². The van der Waals surface area contributed by atoms with E-state index in [4.69, 9.17) is 12.2 Å². The largest absolute Gasteiger partial charge is 0.323 e. The summed E-state index contributed by atoms with van der Waals surface area (Å²) in [6.07, 6.45) is 1.03. The van der Waals surface area contributed by atoms with E-state index in [-0.39, 0.29) is 11.6 Å². The minimum atomic E-state index is 0.0257. The third-order valence-corrected chi connectivity index (χ3v) is 4.56. The molecular weight excluding hydrogens is 252 g/mol. The number of rotatable bonds is 3. The maximum atomic E-state index is 12.4. The minimum Gasteiger partial charge on any atom is -0.323 e. The number of hydrogen-bond donors (Lipinski definition) is 1. The fourth-order valence-electron chi connectivity index (χ4n) is 1.92. The Kier molecular flexibility index (Phi) is 3.49. The molecule has 0 radical (unpaired) electrons. The highest BCUT2D eigenvalue weighted by Crippen LogP contribution is 2.21. The van der Waals surface area contributed by atoms with E-state index in [2.05, 4.69) is 25.8 Å². The Balaban J connectivity index is 2.69. The minimum absolute atomic E-state index is 0.0257. The first-order valence-corrected chi connectivity index (χ1v) is 7.07. The van der Waals surface area contributed by atoms with E-state index in [1.165, 1.54) is 11.3 Å². The molecule has 0 aliphatic rings. The van der Waals surface area contributed by atoms with E-state index < -0.39 is 0 Å². The van der Waals surface area contributed by atoms with Crippen molar-refractivity contribution in [3.05, 3.63) is 26.6 Å². The highest BCUT2D eigenvalue weighted by molar-refractivity contribution is 7.71. The van der Waals surface area contributed by atoms with Crippen molar-refractivity contribution >= 4 is 33.8 Å². The smallest absolute Gasteiger partial charge is 0.263 e. The molecule has 1 N–H and O–H groups in total. The second-order valence-electron chi connectivity index (χ2n) is 4.39. The van der Waals surface area contributed by atoms with Gasteiger partial charge in [-0.1, -0.05) is 20.3 Å². The second-order valence-corrected chi connectivity index (χ2v) is 5.70. The van der Waals surface area contributed by atoms with Crippen molar-refractivity contribution < 1.29 is 0 Å². The average molecular weight is 268 g/mol. The molecule has 0 aliphatic carbocycles. The van der Waals surface area contributed by atoms with Gasteiger partial charge in [0.1, 0.15) is 4.83 Å². The van der Waals surface area contributed by atoms with E-state index >= 15 is 0 Å². The highest BCUT2D eigenvalue weighted by atomic mass is 32.1. The Labute approximate surface area is 109 Å². The predicted octanol–water partition coefficient (Wildman–Crippen LogP) is 3.73. The number of nitrogens with zero attached hydrogens (tertiary/aromatic N) is 1. The fourth-order valence-corrected chi connectivity index (χ4v) is 3.11. The SMILES string of the molecule is CCC(C)C(C)n1c(=S)[nH]c2sccc2c1=O. The van der Waals surface area contributed by atoms with Gasteiger partial charge in [-0.2, -0.15) is 0 Å². The lowest BCUT2D eigenvalue weighted by Crippen LogP contribution is -2.28. The van der Waals surface area contributed by atoms with E-state index in [9.17, 15) is 4.79 Å². The first kappa shape index (κ1) is 12.5. The molecule has 0 saturated carbocycles. The summed E-state index contributed by atoms with van der Waals surface area (Å²) in [6.45, 7) is 6.32. The molecule has 0 aromatic carbocycles. The zero-order chi connectivity index (χ0) is 12.6. The highest BCUT2D eigenvalue weighted by Gasteiger charge is 2.16. The van der Waals surface area contributed by atoms with Crippen LogP contribution in [0.1, 0.15) is 33.2 Å². The van der Waals surface area contributed by atoms with Crippen molar-refractivity contribution in [2.45, 2.75) is 33.2 Å². The van der Waals surface area contributed by atoms with Crippen LogP contribution in [0.15, 0.2) is 16.2 Å². The van der Waals surface area contributed by atoms with Crippen LogP contribution >= 0.6 is 23.6 Å². The van der Waals surface area contributed by atoms with Gasteiger partial charge in [0.2, 0.25) is 0 Å². The van der Waals surface area contributed by atoms with Crippen molar-refractivity contribution in [2.24, 2.45) is 5.92 Å². The van der Waals surface area contributed by atoms with Crippen LogP contribution in [0.2, 0.25) is 0 Å².